The Kier molecular flexibility index (Phi) is 4.62. The highest BCUT2D eigenvalue weighted by Gasteiger charge is 2.22. The number of carbonyl (C=O) groups is 1. The molecule has 0 fully saturated rings. The smallest absolute Gasteiger partial charge is 0.276 e. The molecule has 0 saturated carbocycles. The van der Waals surface area contributed by atoms with Gasteiger partial charge in [0.2, 0.25) is 0 Å². The van der Waals surface area contributed by atoms with E-state index in [-0.39, 0.29) is 11.6 Å². The standard InChI is InChI=1S/C23H21FN4O/c1-14-5-7-19-16(11-14)6-8-20(26-19)17-12-15(2)22(18(24)13-17)27(3)23(29)21-9-10-25-28(21)4/h5-13H,1-4H3. The topological polar surface area (TPSA) is 51.0 Å². The van der Waals surface area contributed by atoms with Gasteiger partial charge in [-0.1, -0.05) is 17.7 Å². The number of anilines is 1. The van der Waals surface area contributed by atoms with Crippen LogP contribution in [0.2, 0.25) is 0 Å². The van der Waals surface area contributed by atoms with Gasteiger partial charge in [0, 0.05) is 31.2 Å². The van der Waals surface area contributed by atoms with Crippen LogP contribution in [-0.2, 0) is 7.05 Å². The maximum Gasteiger partial charge on any atom is 0.276 e. The summed E-state index contributed by atoms with van der Waals surface area (Å²) in [5, 5.41) is 5.06. The number of aryl methyl sites for hydroxylation is 3. The Hall–Kier alpha value is -3.54. The van der Waals surface area contributed by atoms with E-state index >= 15 is 4.39 Å². The van der Waals surface area contributed by atoms with E-state index in [9.17, 15) is 4.79 Å². The lowest BCUT2D eigenvalue weighted by atomic mass is 10.0. The van der Waals surface area contributed by atoms with Crippen LogP contribution in [0.15, 0.2) is 54.7 Å². The second-order valence-corrected chi connectivity index (χ2v) is 7.22. The van der Waals surface area contributed by atoms with Crippen LogP contribution in [0.25, 0.3) is 22.2 Å². The molecule has 0 radical (unpaired) electrons. The van der Waals surface area contributed by atoms with E-state index in [4.69, 9.17) is 0 Å². The second-order valence-electron chi connectivity index (χ2n) is 7.22. The zero-order valence-corrected chi connectivity index (χ0v) is 16.8. The Morgan fingerprint density at radius 1 is 1.07 bits per heavy atom. The third-order valence-electron chi connectivity index (χ3n) is 5.07. The molecule has 2 heterocycles. The lowest BCUT2D eigenvalue weighted by Crippen LogP contribution is -2.29. The summed E-state index contributed by atoms with van der Waals surface area (Å²) in [4.78, 5) is 18.7. The number of pyridine rings is 1. The van der Waals surface area contributed by atoms with Crippen molar-refractivity contribution >= 4 is 22.5 Å². The summed E-state index contributed by atoms with van der Waals surface area (Å²) in [5.74, 6) is -0.789. The van der Waals surface area contributed by atoms with E-state index < -0.39 is 5.82 Å². The molecule has 4 aromatic rings. The van der Waals surface area contributed by atoms with Gasteiger partial charge in [0.05, 0.1) is 16.9 Å². The van der Waals surface area contributed by atoms with Gasteiger partial charge in [0.1, 0.15) is 11.5 Å². The molecule has 0 saturated heterocycles. The van der Waals surface area contributed by atoms with Gasteiger partial charge in [-0.3, -0.25) is 9.48 Å². The van der Waals surface area contributed by atoms with E-state index in [0.717, 1.165) is 10.9 Å². The van der Waals surface area contributed by atoms with Gasteiger partial charge in [0.15, 0.2) is 0 Å². The zero-order chi connectivity index (χ0) is 20.7. The van der Waals surface area contributed by atoms with Crippen LogP contribution in [0.3, 0.4) is 0 Å². The number of fused-ring (bicyclic) bond motifs is 1. The van der Waals surface area contributed by atoms with Crippen LogP contribution in [0.5, 0.6) is 0 Å². The summed E-state index contributed by atoms with van der Waals surface area (Å²) in [6.07, 6.45) is 1.54. The second kappa shape index (κ2) is 7.13. The monoisotopic (exact) mass is 388 g/mol. The Balaban J connectivity index is 1.73. The minimum absolute atomic E-state index is 0.247. The zero-order valence-electron chi connectivity index (χ0n) is 16.8. The largest absolute Gasteiger partial charge is 0.307 e. The molecule has 0 spiro atoms. The first-order valence-corrected chi connectivity index (χ1v) is 9.29. The van der Waals surface area contributed by atoms with Crippen LogP contribution in [0.4, 0.5) is 10.1 Å². The number of carbonyl (C=O) groups excluding carboxylic acids is 1. The molecule has 0 N–H and O–H groups in total. The molecule has 2 aromatic carbocycles. The van der Waals surface area contributed by atoms with Gasteiger partial charge in [-0.25, -0.2) is 9.37 Å². The Labute approximate surface area is 168 Å². The Morgan fingerprint density at radius 2 is 1.86 bits per heavy atom. The lowest BCUT2D eigenvalue weighted by molar-refractivity contribution is 0.0983. The molecular weight excluding hydrogens is 367 g/mol. The van der Waals surface area contributed by atoms with Crippen LogP contribution in [0.1, 0.15) is 21.6 Å². The van der Waals surface area contributed by atoms with E-state index in [1.807, 2.05) is 37.3 Å². The summed E-state index contributed by atoms with van der Waals surface area (Å²) in [5.41, 5.74) is 4.68. The summed E-state index contributed by atoms with van der Waals surface area (Å²) >= 11 is 0. The van der Waals surface area contributed by atoms with Gasteiger partial charge < -0.3 is 4.90 Å². The SMILES string of the molecule is Cc1ccc2nc(-c3cc(C)c(N(C)C(=O)c4ccnn4C)c(F)c3)ccc2c1. The van der Waals surface area contributed by atoms with Crippen LogP contribution in [-0.4, -0.2) is 27.7 Å². The van der Waals surface area contributed by atoms with Gasteiger partial charge in [-0.05, 0) is 55.8 Å². The summed E-state index contributed by atoms with van der Waals surface area (Å²) < 4.78 is 16.5. The number of aromatic nitrogens is 3. The van der Waals surface area contributed by atoms with E-state index in [1.54, 1.807) is 33.3 Å². The molecule has 0 aliphatic heterocycles. The average Bonchev–Trinajstić information content (AvgIpc) is 3.12. The fourth-order valence-corrected chi connectivity index (χ4v) is 3.57. The molecule has 2 aromatic heterocycles. The molecule has 6 heteroatoms. The summed E-state index contributed by atoms with van der Waals surface area (Å²) in [6, 6.07) is 14.8. The molecule has 29 heavy (non-hydrogen) atoms. The average molecular weight is 388 g/mol. The van der Waals surface area contributed by atoms with Gasteiger partial charge >= 0.3 is 0 Å². The first-order valence-electron chi connectivity index (χ1n) is 9.29. The number of rotatable bonds is 3. The van der Waals surface area contributed by atoms with Crippen LogP contribution >= 0.6 is 0 Å². The van der Waals surface area contributed by atoms with Crippen molar-refractivity contribution in [2.45, 2.75) is 13.8 Å². The normalized spacial score (nSPS) is 11.1. The maximum absolute atomic E-state index is 15.1. The summed E-state index contributed by atoms with van der Waals surface area (Å²) in [7, 11) is 3.25. The van der Waals surface area contributed by atoms with Crippen molar-refractivity contribution in [3.63, 3.8) is 0 Å². The van der Waals surface area contributed by atoms with E-state index in [1.165, 1.54) is 21.2 Å². The highest BCUT2D eigenvalue weighted by Crippen LogP contribution is 2.31. The first kappa shape index (κ1) is 18.8. The third kappa shape index (κ3) is 3.38. The van der Waals surface area contributed by atoms with Crippen LogP contribution in [0, 0.1) is 19.7 Å². The summed E-state index contributed by atoms with van der Waals surface area (Å²) in [6.45, 7) is 3.83. The van der Waals surface area contributed by atoms with Crippen molar-refractivity contribution in [1.82, 2.24) is 14.8 Å². The quantitative estimate of drug-likeness (QED) is 0.513. The molecule has 0 aliphatic carbocycles. The van der Waals surface area contributed by atoms with Gasteiger partial charge in [-0.2, -0.15) is 5.10 Å². The predicted molar refractivity (Wildman–Crippen MR) is 113 cm³/mol. The predicted octanol–water partition coefficient (Wildman–Crippen LogP) is 4.67. The Bertz CT molecular complexity index is 1220. The lowest BCUT2D eigenvalue weighted by Gasteiger charge is -2.21. The molecule has 5 nitrogen and oxygen atoms in total. The third-order valence-corrected chi connectivity index (χ3v) is 5.07. The van der Waals surface area contributed by atoms with Crippen molar-refractivity contribution < 1.29 is 9.18 Å². The maximum atomic E-state index is 15.1. The van der Waals surface area contributed by atoms with Crippen molar-refractivity contribution in [3.05, 3.63) is 77.4 Å². The fourth-order valence-electron chi connectivity index (χ4n) is 3.57. The number of halogens is 1. The molecule has 0 unspecified atom stereocenters. The van der Waals surface area contributed by atoms with E-state index in [2.05, 4.69) is 16.1 Å². The molecule has 0 aliphatic rings. The number of nitrogens with zero attached hydrogens (tertiary/aromatic N) is 4. The first-order chi connectivity index (χ1) is 13.8. The van der Waals surface area contributed by atoms with Crippen LogP contribution < -0.4 is 4.90 Å². The number of benzene rings is 2. The fraction of sp³-hybridized carbons (Fsp3) is 0.174. The van der Waals surface area contributed by atoms with Crippen molar-refractivity contribution in [2.24, 2.45) is 7.05 Å². The number of hydrogen-bond donors (Lipinski definition) is 0. The highest BCUT2D eigenvalue weighted by atomic mass is 19.1. The molecule has 0 bridgehead atoms. The molecule has 0 atom stereocenters. The highest BCUT2D eigenvalue weighted by molar-refractivity contribution is 6.05. The number of hydrogen-bond acceptors (Lipinski definition) is 3. The molecule has 146 valence electrons. The molecule has 4 rings (SSSR count). The molecule has 1 amide bonds. The minimum Gasteiger partial charge on any atom is -0.307 e. The Morgan fingerprint density at radius 3 is 2.55 bits per heavy atom. The van der Waals surface area contributed by atoms with Gasteiger partial charge in [-0.15, -0.1) is 0 Å². The van der Waals surface area contributed by atoms with E-state index in [0.29, 0.717) is 22.5 Å². The molecular formula is C23H21FN4O. The van der Waals surface area contributed by atoms with Crippen molar-refractivity contribution in [1.29, 1.82) is 0 Å². The minimum atomic E-state index is -0.469. The van der Waals surface area contributed by atoms with Gasteiger partial charge in [0.25, 0.3) is 5.91 Å². The van der Waals surface area contributed by atoms with Crippen molar-refractivity contribution in [3.8, 4) is 11.3 Å². The van der Waals surface area contributed by atoms with Crippen molar-refractivity contribution in [2.75, 3.05) is 11.9 Å². The number of amides is 1.